The molecule has 0 saturated heterocycles. The van der Waals surface area contributed by atoms with Crippen molar-refractivity contribution in [2.45, 2.75) is 6.54 Å². The molecule has 0 radical (unpaired) electrons. The Kier molecular flexibility index (Phi) is 5.36. The quantitative estimate of drug-likeness (QED) is 0.596. The Morgan fingerprint density at radius 3 is 2.50 bits per heavy atom. The highest BCUT2D eigenvalue weighted by atomic mass is 32.2. The second-order valence-corrected chi connectivity index (χ2v) is 8.95. The third-order valence-corrected chi connectivity index (χ3v) is 6.53. The number of rotatable bonds is 6. The first-order valence-electron chi connectivity index (χ1n) is 8.80. The molecule has 0 unspecified atom stereocenters. The van der Waals surface area contributed by atoms with Crippen molar-refractivity contribution >= 4 is 33.1 Å². The second-order valence-electron chi connectivity index (χ2n) is 6.17. The highest BCUT2D eigenvalue weighted by Crippen LogP contribution is 2.35. The van der Waals surface area contributed by atoms with E-state index in [1.807, 2.05) is 47.8 Å². The van der Waals surface area contributed by atoms with Crippen LogP contribution in [0.5, 0.6) is 11.5 Å². The maximum Gasteiger partial charge on any atom is 0.257 e. The normalized spacial score (nSPS) is 13.6. The number of sulfonamides is 1. The summed E-state index contributed by atoms with van der Waals surface area (Å²) >= 11 is 1.52. The van der Waals surface area contributed by atoms with Crippen LogP contribution in [0.2, 0.25) is 0 Å². The lowest BCUT2D eigenvalue weighted by molar-refractivity contribution is 0.171. The average molecular weight is 414 g/mol. The Hall–Kier alpha value is -2.77. The van der Waals surface area contributed by atoms with E-state index in [4.69, 9.17) is 9.47 Å². The molecule has 4 rings (SSSR count). The van der Waals surface area contributed by atoms with Crippen LogP contribution in [0, 0.1) is 0 Å². The van der Waals surface area contributed by atoms with Crippen molar-refractivity contribution < 1.29 is 17.9 Å². The highest BCUT2D eigenvalue weighted by molar-refractivity contribution is 7.95. The summed E-state index contributed by atoms with van der Waals surface area (Å²) in [6.45, 7) is 1.18. The molecule has 0 bridgehead atoms. The van der Waals surface area contributed by atoms with Gasteiger partial charge in [-0.15, -0.1) is 11.3 Å². The van der Waals surface area contributed by atoms with Crippen LogP contribution in [0.3, 0.4) is 0 Å². The third-order valence-electron chi connectivity index (χ3n) is 4.23. The van der Waals surface area contributed by atoms with E-state index in [1.54, 1.807) is 24.3 Å². The highest BCUT2D eigenvalue weighted by Gasteiger charge is 2.23. The van der Waals surface area contributed by atoms with Crippen molar-refractivity contribution in [1.82, 2.24) is 0 Å². The number of hydrogen-bond donors (Lipinski definition) is 0. The Morgan fingerprint density at radius 1 is 0.964 bits per heavy atom. The first-order valence-corrected chi connectivity index (χ1v) is 11.2. The van der Waals surface area contributed by atoms with Crippen LogP contribution in [-0.4, -0.2) is 21.6 Å². The molecule has 5 nitrogen and oxygen atoms in total. The summed E-state index contributed by atoms with van der Waals surface area (Å²) in [5.74, 6) is 1.19. The number of nitrogens with zero attached hydrogens (tertiary/aromatic N) is 1. The van der Waals surface area contributed by atoms with E-state index in [0.717, 1.165) is 10.4 Å². The molecule has 0 aliphatic carbocycles. The summed E-state index contributed by atoms with van der Waals surface area (Å²) in [5, 5.41) is 3.18. The van der Waals surface area contributed by atoms with Gasteiger partial charge in [0.25, 0.3) is 10.0 Å². The molecule has 144 valence electrons. The van der Waals surface area contributed by atoms with Gasteiger partial charge >= 0.3 is 0 Å². The maximum atomic E-state index is 13.2. The molecule has 0 amide bonds. The molecule has 1 aliphatic rings. The average Bonchev–Trinajstić information content (AvgIpc) is 3.24. The van der Waals surface area contributed by atoms with Gasteiger partial charge in [-0.05, 0) is 35.2 Å². The molecular formula is C21H19NO4S2. The fourth-order valence-corrected chi connectivity index (χ4v) is 4.84. The zero-order valence-corrected chi connectivity index (χ0v) is 16.7. The minimum atomic E-state index is -3.71. The Bertz CT molecular complexity index is 1060. The van der Waals surface area contributed by atoms with Gasteiger partial charge in [0.1, 0.15) is 13.2 Å². The van der Waals surface area contributed by atoms with E-state index in [1.165, 1.54) is 21.1 Å². The number of ether oxygens (including phenoxy) is 2. The first kappa shape index (κ1) is 18.6. The predicted octanol–water partition coefficient (Wildman–Crippen LogP) is 4.53. The van der Waals surface area contributed by atoms with Gasteiger partial charge in [0, 0.05) is 10.9 Å². The van der Waals surface area contributed by atoms with Crippen molar-refractivity contribution in [3.63, 3.8) is 0 Å². The third kappa shape index (κ3) is 4.21. The van der Waals surface area contributed by atoms with Crippen LogP contribution in [0.15, 0.2) is 71.5 Å². The lowest BCUT2D eigenvalue weighted by Gasteiger charge is -2.25. The van der Waals surface area contributed by atoms with Crippen LogP contribution in [0.4, 0.5) is 5.69 Å². The fourth-order valence-electron chi connectivity index (χ4n) is 2.86. The van der Waals surface area contributed by atoms with Gasteiger partial charge in [0.15, 0.2) is 11.5 Å². The van der Waals surface area contributed by atoms with Crippen LogP contribution in [-0.2, 0) is 16.6 Å². The SMILES string of the molecule is O=S(=O)(/C=C/c1ccccc1)N(Cc1cccs1)c1ccc2c(c1)OCCO2. The number of hydrogen-bond acceptors (Lipinski definition) is 5. The molecule has 3 aromatic rings. The molecule has 0 N–H and O–H groups in total. The van der Waals surface area contributed by atoms with Crippen LogP contribution >= 0.6 is 11.3 Å². The number of fused-ring (bicyclic) bond motifs is 1. The van der Waals surface area contributed by atoms with E-state index in [2.05, 4.69) is 0 Å². The van der Waals surface area contributed by atoms with Crippen molar-refractivity contribution in [3.05, 3.63) is 81.9 Å². The van der Waals surface area contributed by atoms with Gasteiger partial charge in [-0.2, -0.15) is 0 Å². The monoisotopic (exact) mass is 413 g/mol. The van der Waals surface area contributed by atoms with Crippen LogP contribution < -0.4 is 13.8 Å². The smallest absolute Gasteiger partial charge is 0.257 e. The van der Waals surface area contributed by atoms with E-state index in [-0.39, 0.29) is 6.54 Å². The summed E-state index contributed by atoms with van der Waals surface area (Å²) in [5.41, 5.74) is 1.36. The molecular weight excluding hydrogens is 394 g/mol. The lowest BCUT2D eigenvalue weighted by Crippen LogP contribution is -2.28. The second kappa shape index (κ2) is 8.08. The van der Waals surface area contributed by atoms with E-state index in [0.29, 0.717) is 30.4 Å². The van der Waals surface area contributed by atoms with E-state index >= 15 is 0 Å². The molecule has 2 heterocycles. The standard InChI is InChI=1S/C21H19NO4S2/c23-28(24,14-10-17-5-2-1-3-6-17)22(16-19-7-4-13-27-19)18-8-9-20-21(15-18)26-12-11-25-20/h1-10,13-15H,11-12,16H2/b14-10+. The summed E-state index contributed by atoms with van der Waals surface area (Å²) in [6, 6.07) is 18.4. The van der Waals surface area contributed by atoms with Crippen LogP contribution in [0.1, 0.15) is 10.4 Å². The summed E-state index contributed by atoms with van der Waals surface area (Å²) in [7, 11) is -3.71. The molecule has 7 heteroatoms. The van der Waals surface area contributed by atoms with Crippen molar-refractivity contribution in [2.24, 2.45) is 0 Å². The Labute approximate surface area is 168 Å². The molecule has 0 spiro atoms. The summed E-state index contributed by atoms with van der Waals surface area (Å²) < 4.78 is 38.9. The van der Waals surface area contributed by atoms with Crippen LogP contribution in [0.25, 0.3) is 6.08 Å². The van der Waals surface area contributed by atoms with Gasteiger partial charge in [-0.3, -0.25) is 4.31 Å². The van der Waals surface area contributed by atoms with Gasteiger partial charge in [-0.1, -0.05) is 36.4 Å². The first-order chi connectivity index (χ1) is 13.6. The molecule has 28 heavy (non-hydrogen) atoms. The topological polar surface area (TPSA) is 55.8 Å². The molecule has 0 saturated carbocycles. The molecule has 0 fully saturated rings. The zero-order chi connectivity index (χ0) is 19.4. The predicted molar refractivity (Wildman–Crippen MR) is 112 cm³/mol. The lowest BCUT2D eigenvalue weighted by atomic mass is 10.2. The minimum absolute atomic E-state index is 0.249. The molecule has 1 aromatic heterocycles. The van der Waals surface area contributed by atoms with Gasteiger partial charge in [-0.25, -0.2) is 8.42 Å². The fraction of sp³-hybridized carbons (Fsp3) is 0.143. The van der Waals surface area contributed by atoms with Crippen molar-refractivity contribution in [2.75, 3.05) is 17.5 Å². The Balaban J connectivity index is 1.70. The molecule has 0 atom stereocenters. The number of anilines is 1. The van der Waals surface area contributed by atoms with E-state index < -0.39 is 10.0 Å². The minimum Gasteiger partial charge on any atom is -0.486 e. The zero-order valence-electron chi connectivity index (χ0n) is 15.0. The number of thiophene rings is 1. The Morgan fingerprint density at radius 2 is 1.75 bits per heavy atom. The molecule has 1 aliphatic heterocycles. The van der Waals surface area contributed by atoms with Crippen molar-refractivity contribution in [3.8, 4) is 11.5 Å². The van der Waals surface area contributed by atoms with Crippen molar-refractivity contribution in [1.29, 1.82) is 0 Å². The summed E-state index contributed by atoms with van der Waals surface area (Å²) in [4.78, 5) is 0.951. The van der Waals surface area contributed by atoms with E-state index in [9.17, 15) is 8.42 Å². The maximum absolute atomic E-state index is 13.2. The van der Waals surface area contributed by atoms with Gasteiger partial charge < -0.3 is 9.47 Å². The molecule has 2 aromatic carbocycles. The van der Waals surface area contributed by atoms with Gasteiger partial charge in [0.2, 0.25) is 0 Å². The van der Waals surface area contributed by atoms with Gasteiger partial charge in [0.05, 0.1) is 17.6 Å². The number of benzene rings is 2. The largest absolute Gasteiger partial charge is 0.486 e. The summed E-state index contributed by atoms with van der Waals surface area (Å²) in [6.07, 6.45) is 1.61.